The van der Waals surface area contributed by atoms with Gasteiger partial charge in [0, 0.05) is 15.8 Å². The third kappa shape index (κ3) is 1.91. The van der Waals surface area contributed by atoms with E-state index in [1.807, 2.05) is 11.4 Å². The van der Waals surface area contributed by atoms with Crippen molar-refractivity contribution in [1.29, 1.82) is 0 Å². The molecule has 0 radical (unpaired) electrons. The molecule has 0 aliphatic heterocycles. The Morgan fingerprint density at radius 2 is 2.35 bits per heavy atom. The van der Waals surface area contributed by atoms with Crippen LogP contribution in [-0.2, 0) is 0 Å². The molecule has 0 spiro atoms. The standard InChI is InChI=1S/C11H8BrNO3S/c12-6-3-7(17-4-6)9-8(11(14)15)10(16-13-9)5-1-2-5/h3-5H,1-2H2,(H,14,15). The number of carboxylic acid groups (broad SMARTS) is 1. The molecule has 4 nitrogen and oxygen atoms in total. The van der Waals surface area contributed by atoms with Crippen LogP contribution in [0.3, 0.4) is 0 Å². The monoisotopic (exact) mass is 313 g/mol. The summed E-state index contributed by atoms with van der Waals surface area (Å²) in [6.07, 6.45) is 1.98. The summed E-state index contributed by atoms with van der Waals surface area (Å²) < 4.78 is 6.13. The van der Waals surface area contributed by atoms with Crippen LogP contribution in [0.5, 0.6) is 0 Å². The quantitative estimate of drug-likeness (QED) is 0.937. The van der Waals surface area contributed by atoms with Crippen LogP contribution in [0.2, 0.25) is 0 Å². The highest BCUT2D eigenvalue weighted by atomic mass is 79.9. The molecular formula is C11H8BrNO3S. The Bertz CT molecular complexity index is 585. The summed E-state index contributed by atoms with van der Waals surface area (Å²) in [5.74, 6) is -0.199. The van der Waals surface area contributed by atoms with Gasteiger partial charge in [-0.2, -0.15) is 0 Å². The van der Waals surface area contributed by atoms with Crippen molar-refractivity contribution in [2.75, 3.05) is 0 Å². The highest BCUT2D eigenvalue weighted by Gasteiger charge is 2.35. The normalized spacial score (nSPS) is 15.1. The van der Waals surface area contributed by atoms with Crippen molar-refractivity contribution in [3.05, 3.63) is 27.2 Å². The van der Waals surface area contributed by atoms with Crippen LogP contribution in [-0.4, -0.2) is 16.2 Å². The van der Waals surface area contributed by atoms with Gasteiger partial charge in [-0.05, 0) is 34.8 Å². The summed E-state index contributed by atoms with van der Waals surface area (Å²) in [4.78, 5) is 12.1. The van der Waals surface area contributed by atoms with Gasteiger partial charge in [-0.25, -0.2) is 4.79 Å². The fourth-order valence-electron chi connectivity index (χ4n) is 1.74. The molecule has 1 saturated carbocycles. The number of carboxylic acids is 1. The zero-order valence-electron chi connectivity index (χ0n) is 8.64. The van der Waals surface area contributed by atoms with Crippen LogP contribution in [0.1, 0.15) is 34.9 Å². The average Bonchev–Trinajstić information content (AvgIpc) is 2.87. The highest BCUT2D eigenvalue weighted by molar-refractivity contribution is 9.10. The Morgan fingerprint density at radius 3 is 2.88 bits per heavy atom. The lowest BCUT2D eigenvalue weighted by atomic mass is 10.1. The fraction of sp³-hybridized carbons (Fsp3) is 0.273. The van der Waals surface area contributed by atoms with Gasteiger partial charge in [0.15, 0.2) is 5.76 Å². The van der Waals surface area contributed by atoms with Crippen molar-refractivity contribution in [3.63, 3.8) is 0 Å². The van der Waals surface area contributed by atoms with Crippen LogP contribution in [0.15, 0.2) is 20.4 Å². The minimum absolute atomic E-state index is 0.224. The van der Waals surface area contributed by atoms with Gasteiger partial charge in [-0.3, -0.25) is 0 Å². The summed E-state index contributed by atoms with van der Waals surface area (Å²) in [5, 5.41) is 15.1. The van der Waals surface area contributed by atoms with E-state index < -0.39 is 5.97 Å². The lowest BCUT2D eigenvalue weighted by Gasteiger charge is -1.95. The van der Waals surface area contributed by atoms with Crippen molar-refractivity contribution in [2.24, 2.45) is 0 Å². The molecule has 0 bridgehead atoms. The molecule has 2 aromatic heterocycles. The topological polar surface area (TPSA) is 63.3 Å². The number of hydrogen-bond acceptors (Lipinski definition) is 4. The smallest absolute Gasteiger partial charge is 0.341 e. The van der Waals surface area contributed by atoms with E-state index in [0.717, 1.165) is 22.2 Å². The molecule has 1 aliphatic rings. The summed E-state index contributed by atoms with van der Waals surface area (Å²) >= 11 is 4.79. The first-order chi connectivity index (χ1) is 8.16. The number of halogens is 1. The van der Waals surface area contributed by atoms with Crippen molar-refractivity contribution >= 4 is 33.2 Å². The van der Waals surface area contributed by atoms with Gasteiger partial charge in [-0.1, -0.05) is 5.16 Å². The Kier molecular flexibility index (Phi) is 2.56. The first-order valence-electron chi connectivity index (χ1n) is 5.14. The van der Waals surface area contributed by atoms with Crippen LogP contribution in [0, 0.1) is 0 Å². The maximum absolute atomic E-state index is 11.3. The molecule has 0 saturated heterocycles. The number of aromatic nitrogens is 1. The van der Waals surface area contributed by atoms with Crippen LogP contribution < -0.4 is 0 Å². The molecular weight excluding hydrogens is 306 g/mol. The zero-order chi connectivity index (χ0) is 12.0. The summed E-state index contributed by atoms with van der Waals surface area (Å²) in [7, 11) is 0. The fourth-order valence-corrected chi connectivity index (χ4v) is 3.15. The number of aromatic carboxylic acids is 1. The van der Waals surface area contributed by atoms with E-state index in [1.54, 1.807) is 0 Å². The Hall–Kier alpha value is -1.14. The second-order valence-electron chi connectivity index (χ2n) is 3.98. The maximum Gasteiger partial charge on any atom is 0.341 e. The van der Waals surface area contributed by atoms with Crippen LogP contribution in [0.4, 0.5) is 0 Å². The zero-order valence-corrected chi connectivity index (χ0v) is 11.0. The van der Waals surface area contributed by atoms with Gasteiger partial charge >= 0.3 is 5.97 Å². The predicted molar refractivity (Wildman–Crippen MR) is 66.5 cm³/mol. The summed E-state index contributed by atoms with van der Waals surface area (Å²) in [5.41, 5.74) is 0.664. The van der Waals surface area contributed by atoms with Crippen LogP contribution >= 0.6 is 27.3 Å². The van der Waals surface area contributed by atoms with E-state index >= 15 is 0 Å². The van der Waals surface area contributed by atoms with Gasteiger partial charge in [-0.15, -0.1) is 11.3 Å². The minimum atomic E-state index is -0.965. The van der Waals surface area contributed by atoms with E-state index in [-0.39, 0.29) is 11.5 Å². The number of nitrogens with zero attached hydrogens (tertiary/aromatic N) is 1. The van der Waals surface area contributed by atoms with E-state index in [9.17, 15) is 9.90 Å². The summed E-state index contributed by atoms with van der Waals surface area (Å²) in [6, 6.07) is 1.85. The Labute approximate surface area is 109 Å². The molecule has 0 aromatic carbocycles. The molecule has 2 aromatic rings. The van der Waals surface area contributed by atoms with E-state index in [2.05, 4.69) is 21.1 Å². The van der Waals surface area contributed by atoms with E-state index in [1.165, 1.54) is 11.3 Å². The van der Waals surface area contributed by atoms with E-state index in [0.29, 0.717) is 11.5 Å². The number of carbonyl (C=O) groups is 1. The van der Waals surface area contributed by atoms with Gasteiger partial charge in [0.25, 0.3) is 0 Å². The number of hydrogen-bond donors (Lipinski definition) is 1. The minimum Gasteiger partial charge on any atom is -0.477 e. The van der Waals surface area contributed by atoms with Gasteiger partial charge in [0.2, 0.25) is 0 Å². The highest BCUT2D eigenvalue weighted by Crippen LogP contribution is 2.44. The second-order valence-corrected chi connectivity index (χ2v) is 5.81. The molecule has 1 fully saturated rings. The molecule has 1 aliphatic carbocycles. The molecule has 6 heteroatoms. The summed E-state index contributed by atoms with van der Waals surface area (Å²) in [6.45, 7) is 0. The van der Waals surface area contributed by atoms with Crippen LogP contribution in [0.25, 0.3) is 10.6 Å². The van der Waals surface area contributed by atoms with Crippen molar-refractivity contribution in [2.45, 2.75) is 18.8 Å². The lowest BCUT2D eigenvalue weighted by molar-refractivity contribution is 0.0695. The molecule has 0 amide bonds. The molecule has 0 unspecified atom stereocenters. The average molecular weight is 314 g/mol. The predicted octanol–water partition coefficient (Wildman–Crippen LogP) is 3.74. The van der Waals surface area contributed by atoms with Gasteiger partial charge in [0.05, 0.1) is 4.88 Å². The van der Waals surface area contributed by atoms with Gasteiger partial charge < -0.3 is 9.63 Å². The van der Waals surface area contributed by atoms with Gasteiger partial charge in [0.1, 0.15) is 11.3 Å². The lowest BCUT2D eigenvalue weighted by Crippen LogP contribution is -2.00. The van der Waals surface area contributed by atoms with E-state index in [4.69, 9.17) is 4.52 Å². The number of thiophene rings is 1. The molecule has 0 atom stereocenters. The molecule has 88 valence electrons. The maximum atomic E-state index is 11.3. The largest absolute Gasteiger partial charge is 0.477 e. The third-order valence-corrected chi connectivity index (χ3v) is 4.38. The molecule has 2 heterocycles. The number of rotatable bonds is 3. The molecule has 3 rings (SSSR count). The molecule has 1 N–H and O–H groups in total. The third-order valence-electron chi connectivity index (χ3n) is 2.68. The first-order valence-corrected chi connectivity index (χ1v) is 6.81. The van der Waals surface area contributed by atoms with Crippen molar-refractivity contribution in [1.82, 2.24) is 5.16 Å². The van der Waals surface area contributed by atoms with Crippen molar-refractivity contribution < 1.29 is 14.4 Å². The SMILES string of the molecule is O=C(O)c1c(-c2cc(Br)cs2)noc1C1CC1. The second kappa shape index (κ2) is 3.96. The molecule has 17 heavy (non-hydrogen) atoms. The Morgan fingerprint density at radius 1 is 1.59 bits per heavy atom. The first kappa shape index (κ1) is 11.0. The van der Waals surface area contributed by atoms with Crippen molar-refractivity contribution in [3.8, 4) is 10.6 Å². The Balaban J connectivity index is 2.13.